The topological polar surface area (TPSA) is 133 Å². The zero-order chi connectivity index (χ0) is 27.9. The summed E-state index contributed by atoms with van der Waals surface area (Å²) in [4.78, 5) is 37.9. The van der Waals surface area contributed by atoms with Crippen molar-refractivity contribution in [3.63, 3.8) is 0 Å². The van der Waals surface area contributed by atoms with Gasteiger partial charge in [0.05, 0.1) is 6.54 Å². The lowest BCUT2D eigenvalue weighted by atomic mass is 10.0. The molecule has 0 spiro atoms. The molecule has 200 valence electrons. The summed E-state index contributed by atoms with van der Waals surface area (Å²) in [5.41, 5.74) is 3.26. The monoisotopic (exact) mass is 547 g/mol. The number of halogens is 1. The number of carboxylic acids is 2. The van der Waals surface area contributed by atoms with E-state index in [2.05, 4.69) is 5.10 Å². The number of hydrogen-bond acceptors (Lipinski definition) is 5. The maximum Gasteiger partial charge on any atom is 0.354 e. The van der Waals surface area contributed by atoms with Crippen LogP contribution in [0.3, 0.4) is 0 Å². The molecular formula is C29H26ClN3O6. The normalized spacial score (nSPS) is 11.6. The molecule has 3 aromatic carbocycles. The molecule has 4 aromatic rings. The number of amides is 1. The molecule has 0 saturated carbocycles. The Balaban J connectivity index is 1.59. The molecule has 10 heteroatoms. The zero-order valence-corrected chi connectivity index (χ0v) is 21.5. The third-order valence-corrected chi connectivity index (χ3v) is 6.39. The SMILES string of the molecule is O=C(O)c1cc(C(=O)N(CC[C@@H](O)C(=O)O)Cc2ccc(-c3ccccc3)cc2)nn1Cc1ccc(Cl)cc1. The number of aliphatic hydroxyl groups excluding tert-OH is 1. The van der Waals surface area contributed by atoms with Crippen molar-refractivity contribution in [1.29, 1.82) is 0 Å². The lowest BCUT2D eigenvalue weighted by molar-refractivity contribution is -0.147. The highest BCUT2D eigenvalue weighted by molar-refractivity contribution is 6.30. The number of benzene rings is 3. The molecule has 0 unspecified atom stereocenters. The Labute approximate surface area is 229 Å². The van der Waals surface area contributed by atoms with Gasteiger partial charge in [-0.25, -0.2) is 9.59 Å². The molecule has 0 aliphatic carbocycles. The standard InChI is InChI=1S/C29H26ClN3O6/c30-23-12-8-20(9-13-23)18-33-25(28(36)37)16-24(31-33)27(35)32(15-14-26(34)29(38)39)17-19-6-10-22(11-7-19)21-4-2-1-3-5-21/h1-13,16,26,34H,14-15,17-18H2,(H,36,37)(H,38,39)/t26-/m1/s1. The van der Waals surface area contributed by atoms with E-state index in [0.29, 0.717) is 5.02 Å². The van der Waals surface area contributed by atoms with Crippen molar-refractivity contribution in [3.8, 4) is 11.1 Å². The molecule has 39 heavy (non-hydrogen) atoms. The number of aromatic carboxylic acids is 1. The Morgan fingerprint density at radius 2 is 1.49 bits per heavy atom. The fourth-order valence-corrected chi connectivity index (χ4v) is 4.17. The Hall–Kier alpha value is -4.47. The second kappa shape index (κ2) is 12.4. The highest BCUT2D eigenvalue weighted by Gasteiger charge is 2.25. The molecule has 4 rings (SSSR count). The van der Waals surface area contributed by atoms with Gasteiger partial charge in [-0.2, -0.15) is 5.10 Å². The maximum absolute atomic E-state index is 13.5. The predicted molar refractivity (Wildman–Crippen MR) is 145 cm³/mol. The fourth-order valence-electron chi connectivity index (χ4n) is 4.05. The van der Waals surface area contributed by atoms with Gasteiger partial charge in [0.15, 0.2) is 11.8 Å². The van der Waals surface area contributed by atoms with Gasteiger partial charge in [-0.05, 0) is 34.4 Å². The first-order valence-electron chi connectivity index (χ1n) is 12.1. The van der Waals surface area contributed by atoms with Crippen molar-refractivity contribution in [1.82, 2.24) is 14.7 Å². The summed E-state index contributed by atoms with van der Waals surface area (Å²) in [6.45, 7) is 0.122. The average molecular weight is 548 g/mol. The van der Waals surface area contributed by atoms with Crippen molar-refractivity contribution in [3.05, 3.63) is 112 Å². The molecule has 1 atom stereocenters. The summed E-state index contributed by atoms with van der Waals surface area (Å²) in [5.74, 6) is -3.23. The first kappa shape index (κ1) is 27.6. The van der Waals surface area contributed by atoms with Crippen molar-refractivity contribution < 1.29 is 29.7 Å². The lowest BCUT2D eigenvalue weighted by Crippen LogP contribution is -2.35. The van der Waals surface area contributed by atoms with E-state index in [1.165, 1.54) is 15.6 Å². The predicted octanol–water partition coefficient (Wildman–Crippen LogP) is 4.43. The number of carbonyl (C=O) groups excluding carboxylic acids is 1. The smallest absolute Gasteiger partial charge is 0.354 e. The summed E-state index contributed by atoms with van der Waals surface area (Å²) < 4.78 is 1.22. The highest BCUT2D eigenvalue weighted by atomic mass is 35.5. The van der Waals surface area contributed by atoms with Crippen molar-refractivity contribution >= 4 is 29.4 Å². The number of aromatic nitrogens is 2. The van der Waals surface area contributed by atoms with Crippen LogP contribution >= 0.6 is 11.6 Å². The van der Waals surface area contributed by atoms with Crippen LogP contribution in [0.1, 0.15) is 38.5 Å². The van der Waals surface area contributed by atoms with Gasteiger partial charge >= 0.3 is 11.9 Å². The molecule has 1 heterocycles. The quantitative estimate of drug-likeness (QED) is 0.253. The third-order valence-electron chi connectivity index (χ3n) is 6.14. The van der Waals surface area contributed by atoms with Crippen LogP contribution in [0, 0.1) is 0 Å². The van der Waals surface area contributed by atoms with E-state index < -0.39 is 23.9 Å². The minimum atomic E-state index is -1.65. The van der Waals surface area contributed by atoms with Crippen LogP contribution in [0.2, 0.25) is 5.02 Å². The van der Waals surface area contributed by atoms with Crippen LogP contribution in [0.5, 0.6) is 0 Å². The van der Waals surface area contributed by atoms with Gasteiger partial charge in [-0.15, -0.1) is 0 Å². The number of nitrogens with zero attached hydrogens (tertiary/aromatic N) is 3. The Kier molecular flexibility index (Phi) is 8.75. The molecule has 0 fully saturated rings. The molecule has 0 bridgehead atoms. The number of aliphatic carboxylic acids is 1. The molecule has 0 radical (unpaired) electrons. The van der Waals surface area contributed by atoms with Crippen molar-refractivity contribution in [2.45, 2.75) is 25.6 Å². The molecule has 1 amide bonds. The minimum absolute atomic E-state index is 0.0841. The Bertz CT molecular complexity index is 1450. The average Bonchev–Trinajstić information content (AvgIpc) is 3.36. The van der Waals surface area contributed by atoms with Gasteiger partial charge < -0.3 is 20.2 Å². The highest BCUT2D eigenvalue weighted by Crippen LogP contribution is 2.21. The van der Waals surface area contributed by atoms with Crippen LogP contribution in [-0.4, -0.2) is 60.5 Å². The summed E-state index contributed by atoms with van der Waals surface area (Å²) >= 11 is 5.93. The molecule has 9 nitrogen and oxygen atoms in total. The van der Waals surface area contributed by atoms with E-state index >= 15 is 0 Å². The Morgan fingerprint density at radius 1 is 0.872 bits per heavy atom. The van der Waals surface area contributed by atoms with Gasteiger partial charge in [0.1, 0.15) is 5.69 Å². The summed E-state index contributed by atoms with van der Waals surface area (Å²) in [6, 6.07) is 25.3. The van der Waals surface area contributed by atoms with Gasteiger partial charge in [0.2, 0.25) is 0 Å². The van der Waals surface area contributed by atoms with E-state index in [-0.39, 0.29) is 37.4 Å². The van der Waals surface area contributed by atoms with Gasteiger partial charge in [0.25, 0.3) is 5.91 Å². The molecule has 0 saturated heterocycles. The van der Waals surface area contributed by atoms with Crippen molar-refractivity contribution in [2.24, 2.45) is 0 Å². The lowest BCUT2D eigenvalue weighted by Gasteiger charge is -2.23. The molecule has 3 N–H and O–H groups in total. The number of carbonyl (C=O) groups is 3. The van der Waals surface area contributed by atoms with Crippen LogP contribution in [0.4, 0.5) is 0 Å². The third kappa shape index (κ3) is 7.10. The number of aliphatic hydroxyl groups is 1. The van der Waals surface area contributed by atoms with Crippen molar-refractivity contribution in [2.75, 3.05) is 6.54 Å². The van der Waals surface area contributed by atoms with E-state index in [1.54, 1.807) is 24.3 Å². The second-order valence-corrected chi connectivity index (χ2v) is 9.37. The van der Waals surface area contributed by atoms with E-state index in [9.17, 15) is 24.6 Å². The van der Waals surface area contributed by atoms with Crippen LogP contribution < -0.4 is 0 Å². The van der Waals surface area contributed by atoms with Crippen LogP contribution in [0.15, 0.2) is 84.9 Å². The van der Waals surface area contributed by atoms with E-state index in [4.69, 9.17) is 16.7 Å². The molecule has 0 aliphatic rings. The van der Waals surface area contributed by atoms with Crippen LogP contribution in [-0.2, 0) is 17.9 Å². The van der Waals surface area contributed by atoms with E-state index in [0.717, 1.165) is 22.3 Å². The molecule has 1 aromatic heterocycles. The number of carboxylic acid groups (broad SMARTS) is 2. The van der Waals surface area contributed by atoms with Gasteiger partial charge in [-0.1, -0.05) is 78.3 Å². The molecular weight excluding hydrogens is 522 g/mol. The first-order chi connectivity index (χ1) is 18.7. The molecule has 0 aliphatic heterocycles. The van der Waals surface area contributed by atoms with Gasteiger partial charge in [-0.3, -0.25) is 9.48 Å². The number of hydrogen-bond donors (Lipinski definition) is 3. The summed E-state index contributed by atoms with van der Waals surface area (Å²) in [7, 11) is 0. The maximum atomic E-state index is 13.5. The van der Waals surface area contributed by atoms with Gasteiger partial charge in [0, 0.05) is 30.6 Å². The van der Waals surface area contributed by atoms with E-state index in [1.807, 2.05) is 54.6 Å². The number of rotatable bonds is 11. The zero-order valence-electron chi connectivity index (χ0n) is 20.8. The van der Waals surface area contributed by atoms with Crippen LogP contribution in [0.25, 0.3) is 11.1 Å². The minimum Gasteiger partial charge on any atom is -0.479 e. The summed E-state index contributed by atoms with van der Waals surface area (Å²) in [6.07, 6.45) is -1.86. The largest absolute Gasteiger partial charge is 0.479 e. The first-order valence-corrected chi connectivity index (χ1v) is 12.5. The second-order valence-electron chi connectivity index (χ2n) is 8.94. The Morgan fingerprint density at radius 3 is 2.10 bits per heavy atom. The summed E-state index contributed by atoms with van der Waals surface area (Å²) in [5, 5.41) is 33.4. The fraction of sp³-hybridized carbons (Fsp3) is 0.172.